The molecule has 1 rings (SSSR count). The van der Waals surface area contributed by atoms with E-state index in [0.29, 0.717) is 5.84 Å². The van der Waals surface area contributed by atoms with E-state index in [1.165, 1.54) is 0 Å². The predicted octanol–water partition coefficient (Wildman–Crippen LogP) is 2.31. The largest absolute Gasteiger partial charge is 0.281 e. The highest BCUT2D eigenvalue weighted by molar-refractivity contribution is 5.81. The zero-order valence-corrected chi connectivity index (χ0v) is 10.3. The van der Waals surface area contributed by atoms with Gasteiger partial charge in [-0.1, -0.05) is 30.0 Å². The summed E-state index contributed by atoms with van der Waals surface area (Å²) in [5.41, 5.74) is 0.450. The van der Waals surface area contributed by atoms with Crippen LogP contribution in [-0.2, 0) is 0 Å². The van der Waals surface area contributed by atoms with E-state index < -0.39 is 5.54 Å². The van der Waals surface area contributed by atoms with Crippen molar-refractivity contribution in [2.75, 3.05) is 0 Å². The van der Waals surface area contributed by atoms with Gasteiger partial charge < -0.3 is 0 Å². The van der Waals surface area contributed by atoms with Crippen molar-refractivity contribution in [3.63, 3.8) is 0 Å². The molecule has 0 atom stereocenters. The molecule has 0 amide bonds. The maximum Gasteiger partial charge on any atom is 0.182 e. The van der Waals surface area contributed by atoms with Crippen molar-refractivity contribution in [2.45, 2.75) is 26.3 Å². The summed E-state index contributed by atoms with van der Waals surface area (Å²) in [4.78, 5) is 4.32. The van der Waals surface area contributed by atoms with E-state index >= 15 is 0 Å². The van der Waals surface area contributed by atoms with Gasteiger partial charge >= 0.3 is 0 Å². The molecule has 0 aliphatic heterocycles. The first-order valence-electron chi connectivity index (χ1n) is 5.33. The van der Waals surface area contributed by atoms with E-state index in [2.05, 4.69) is 22.2 Å². The molecule has 0 spiro atoms. The van der Waals surface area contributed by atoms with Crippen LogP contribution in [0.15, 0.2) is 35.3 Å². The first-order valence-corrected chi connectivity index (χ1v) is 5.33. The average Bonchev–Trinajstić information content (AvgIpc) is 2.27. The molecule has 3 nitrogen and oxygen atoms in total. The van der Waals surface area contributed by atoms with Crippen LogP contribution < -0.4 is 5.32 Å². The second-order valence-corrected chi connectivity index (χ2v) is 4.11. The van der Waals surface area contributed by atoms with Crippen molar-refractivity contribution in [3.05, 3.63) is 35.9 Å². The number of nitrogens with one attached hydrogen (secondary N) is 1. The van der Waals surface area contributed by atoms with Gasteiger partial charge in [-0.05, 0) is 32.9 Å². The van der Waals surface area contributed by atoms with Crippen molar-refractivity contribution in [2.24, 2.45) is 4.99 Å². The predicted molar refractivity (Wildman–Crippen MR) is 69.3 cm³/mol. The Morgan fingerprint density at radius 1 is 1.29 bits per heavy atom. The van der Waals surface area contributed by atoms with Gasteiger partial charge in [0.2, 0.25) is 0 Å². The number of benzene rings is 1. The molecule has 0 radical (unpaired) electrons. The van der Waals surface area contributed by atoms with Crippen LogP contribution in [-0.4, -0.2) is 11.4 Å². The zero-order valence-electron chi connectivity index (χ0n) is 10.3. The molecule has 1 aromatic rings. The van der Waals surface area contributed by atoms with Gasteiger partial charge in [0.1, 0.15) is 11.4 Å². The number of hydrogen-bond acceptors (Lipinski definition) is 2. The van der Waals surface area contributed by atoms with Crippen LogP contribution in [0.25, 0.3) is 0 Å². The molecular formula is C14H15N3. The fourth-order valence-corrected chi connectivity index (χ4v) is 1.30. The molecular weight excluding hydrogens is 210 g/mol. The Morgan fingerprint density at radius 3 is 2.53 bits per heavy atom. The summed E-state index contributed by atoms with van der Waals surface area (Å²) in [6.07, 6.45) is 1.83. The number of aliphatic imine (C=N–C) groups is 1. The standard InChI is InChI=1S/C14H15N3/c1-12(16-11-15)17-14(2,3)10-9-13-7-5-4-6-8-13/h4-8H,1-3H3,(H,16,17). The van der Waals surface area contributed by atoms with Crippen LogP contribution in [0.4, 0.5) is 0 Å². The number of rotatable bonds is 1. The van der Waals surface area contributed by atoms with E-state index in [4.69, 9.17) is 5.26 Å². The fraction of sp³-hybridized carbons (Fsp3) is 0.286. The quantitative estimate of drug-likeness (QED) is 0.262. The molecule has 3 heteroatoms. The summed E-state index contributed by atoms with van der Waals surface area (Å²) in [5.74, 6) is 6.71. The van der Waals surface area contributed by atoms with Crippen LogP contribution in [0.2, 0.25) is 0 Å². The Balaban J connectivity index is 2.84. The molecule has 86 valence electrons. The second kappa shape index (κ2) is 5.72. The highest BCUT2D eigenvalue weighted by Gasteiger charge is 2.11. The molecule has 17 heavy (non-hydrogen) atoms. The third-order valence-electron chi connectivity index (χ3n) is 1.97. The zero-order chi connectivity index (χ0) is 12.7. The Bertz CT molecular complexity index is 496. The van der Waals surface area contributed by atoms with Crippen LogP contribution in [0.1, 0.15) is 26.3 Å². The first-order chi connectivity index (χ1) is 8.03. The maximum atomic E-state index is 8.46. The van der Waals surface area contributed by atoms with Crippen LogP contribution >= 0.6 is 0 Å². The van der Waals surface area contributed by atoms with Crippen molar-refractivity contribution in [1.29, 1.82) is 5.26 Å². The van der Waals surface area contributed by atoms with E-state index in [9.17, 15) is 0 Å². The van der Waals surface area contributed by atoms with Crippen LogP contribution in [0.5, 0.6) is 0 Å². The molecule has 0 heterocycles. The monoisotopic (exact) mass is 225 g/mol. The van der Waals surface area contributed by atoms with Gasteiger partial charge in [0.15, 0.2) is 6.19 Å². The molecule has 0 saturated carbocycles. The lowest BCUT2D eigenvalue weighted by Gasteiger charge is -2.12. The lowest BCUT2D eigenvalue weighted by atomic mass is 10.1. The van der Waals surface area contributed by atoms with Gasteiger partial charge in [-0.15, -0.1) is 0 Å². The lowest BCUT2D eigenvalue weighted by molar-refractivity contribution is 0.679. The Morgan fingerprint density at radius 2 is 1.94 bits per heavy atom. The summed E-state index contributed by atoms with van der Waals surface area (Å²) in [7, 11) is 0. The minimum atomic E-state index is -0.510. The Labute approximate surface area is 102 Å². The van der Waals surface area contributed by atoms with Crippen LogP contribution in [0.3, 0.4) is 0 Å². The van der Waals surface area contributed by atoms with E-state index in [1.807, 2.05) is 50.4 Å². The lowest BCUT2D eigenvalue weighted by Crippen LogP contribution is -2.22. The number of nitrogens with zero attached hydrogens (tertiary/aromatic N) is 2. The third kappa shape index (κ3) is 4.86. The summed E-state index contributed by atoms with van der Waals surface area (Å²) in [6, 6.07) is 9.75. The smallest absolute Gasteiger partial charge is 0.182 e. The summed E-state index contributed by atoms with van der Waals surface area (Å²) in [6.45, 7) is 5.56. The molecule has 0 fully saturated rings. The second-order valence-electron chi connectivity index (χ2n) is 4.11. The Hall–Kier alpha value is -2.26. The van der Waals surface area contributed by atoms with Gasteiger partial charge in [0.25, 0.3) is 0 Å². The van der Waals surface area contributed by atoms with Gasteiger partial charge in [-0.2, -0.15) is 5.26 Å². The van der Waals surface area contributed by atoms with Crippen molar-refractivity contribution < 1.29 is 0 Å². The minimum Gasteiger partial charge on any atom is -0.281 e. The highest BCUT2D eigenvalue weighted by atomic mass is 15.0. The molecule has 1 aromatic carbocycles. The van der Waals surface area contributed by atoms with Gasteiger partial charge in [-0.3, -0.25) is 10.3 Å². The van der Waals surface area contributed by atoms with Gasteiger partial charge in [0, 0.05) is 5.56 Å². The molecule has 0 unspecified atom stereocenters. The number of hydrogen-bond donors (Lipinski definition) is 1. The van der Waals surface area contributed by atoms with Crippen molar-refractivity contribution in [3.8, 4) is 18.0 Å². The molecule has 0 aromatic heterocycles. The molecule has 1 N–H and O–H groups in total. The third-order valence-corrected chi connectivity index (χ3v) is 1.97. The first kappa shape index (κ1) is 12.8. The van der Waals surface area contributed by atoms with E-state index in [1.54, 1.807) is 6.92 Å². The van der Waals surface area contributed by atoms with Gasteiger partial charge in [0.05, 0.1) is 0 Å². The van der Waals surface area contributed by atoms with Gasteiger partial charge in [-0.25, -0.2) is 0 Å². The SMILES string of the molecule is CC(=NC(C)(C)C#Cc1ccccc1)NC#N. The highest BCUT2D eigenvalue weighted by Crippen LogP contribution is 2.08. The normalized spacial score (nSPS) is 11.1. The van der Waals surface area contributed by atoms with Crippen molar-refractivity contribution >= 4 is 5.84 Å². The minimum absolute atomic E-state index is 0.510. The maximum absolute atomic E-state index is 8.46. The number of amidine groups is 1. The summed E-state index contributed by atoms with van der Waals surface area (Å²) in [5, 5.41) is 11.0. The molecule has 0 aliphatic carbocycles. The summed E-state index contributed by atoms with van der Waals surface area (Å²) >= 11 is 0. The van der Waals surface area contributed by atoms with Crippen molar-refractivity contribution in [1.82, 2.24) is 5.32 Å². The molecule has 0 aliphatic rings. The topological polar surface area (TPSA) is 48.2 Å². The van der Waals surface area contributed by atoms with E-state index in [-0.39, 0.29) is 0 Å². The summed E-state index contributed by atoms with van der Waals surface area (Å²) < 4.78 is 0. The average molecular weight is 225 g/mol. The Kier molecular flexibility index (Phi) is 4.31. The number of nitriles is 1. The molecule has 0 saturated heterocycles. The fourth-order valence-electron chi connectivity index (χ4n) is 1.30. The van der Waals surface area contributed by atoms with Crippen LogP contribution in [0, 0.1) is 23.3 Å². The van der Waals surface area contributed by atoms with E-state index in [0.717, 1.165) is 5.56 Å². The molecule has 0 bridgehead atoms.